The van der Waals surface area contributed by atoms with E-state index in [1.807, 2.05) is 0 Å². The van der Waals surface area contributed by atoms with Crippen LogP contribution in [0.2, 0.25) is 0 Å². The fourth-order valence-corrected chi connectivity index (χ4v) is 1.44. The van der Waals surface area contributed by atoms with Crippen molar-refractivity contribution in [3.63, 3.8) is 0 Å². The molecule has 0 amide bonds. The highest BCUT2D eigenvalue weighted by molar-refractivity contribution is 14.1. The molecule has 1 aromatic carbocycles. The molecule has 1 aromatic rings. The fraction of sp³-hybridized carbons (Fsp3) is 0.125. The van der Waals surface area contributed by atoms with Gasteiger partial charge in [0.05, 0.1) is 14.1 Å². The molecule has 4 nitrogen and oxygen atoms in total. The summed E-state index contributed by atoms with van der Waals surface area (Å²) in [6.07, 6.45) is 0. The van der Waals surface area contributed by atoms with Crippen LogP contribution in [-0.2, 0) is 0 Å². The second-order valence-corrected chi connectivity index (χ2v) is 3.73. The Bertz CT molecular complexity index is 419. The lowest BCUT2D eigenvalue weighted by Crippen LogP contribution is -2.04. The molecule has 1 rings (SSSR count). The quantitative estimate of drug-likeness (QED) is 0.365. The first-order chi connectivity index (χ1) is 6.45. The summed E-state index contributed by atoms with van der Waals surface area (Å²) >= 11 is 1.63. The molecule has 74 valence electrons. The highest BCUT2D eigenvalue weighted by atomic mass is 127. The number of hydrogen-bond donors (Lipinski definition) is 0. The van der Waals surface area contributed by atoms with Crippen LogP contribution in [0, 0.1) is 19.5 Å². The number of rotatable bonds is 2. The lowest BCUT2D eigenvalue weighted by Gasteiger charge is -2.01. The lowest BCUT2D eigenvalue weighted by atomic mass is 10.1. The minimum absolute atomic E-state index is 0.124. The minimum atomic E-state index is -0.955. The maximum absolute atomic E-state index is 13.3. The molecule has 0 unspecified atom stereocenters. The molecule has 6 heteroatoms. The average Bonchev–Trinajstić information content (AvgIpc) is 2.08. The zero-order valence-electron chi connectivity index (χ0n) is 7.08. The monoisotopic (exact) mass is 309 g/mol. The number of Topliss-reactive ketones (excluding diaryl/α,β-unsaturated/α-hetero) is 1. The SMILES string of the molecule is CC(=O)c1ccc(I)c(F)c1[N+](=O)[O-]. The summed E-state index contributed by atoms with van der Waals surface area (Å²) in [5.41, 5.74) is -0.947. The van der Waals surface area contributed by atoms with Gasteiger partial charge in [-0.1, -0.05) is 0 Å². The third kappa shape index (κ3) is 1.89. The van der Waals surface area contributed by atoms with E-state index in [-0.39, 0.29) is 9.13 Å². The summed E-state index contributed by atoms with van der Waals surface area (Å²) < 4.78 is 13.4. The highest BCUT2D eigenvalue weighted by Crippen LogP contribution is 2.26. The minimum Gasteiger partial charge on any atom is -0.294 e. The molecule has 0 bridgehead atoms. The average molecular weight is 309 g/mol. The van der Waals surface area contributed by atoms with Gasteiger partial charge < -0.3 is 0 Å². The molecule has 0 N–H and O–H groups in total. The van der Waals surface area contributed by atoms with E-state index in [4.69, 9.17) is 0 Å². The van der Waals surface area contributed by atoms with Crippen molar-refractivity contribution >= 4 is 34.1 Å². The fourth-order valence-electron chi connectivity index (χ4n) is 1.00. The lowest BCUT2D eigenvalue weighted by molar-refractivity contribution is -0.387. The number of nitrogens with zero attached hydrogens (tertiary/aromatic N) is 1. The van der Waals surface area contributed by atoms with Crippen LogP contribution in [0.15, 0.2) is 12.1 Å². The van der Waals surface area contributed by atoms with Gasteiger partial charge in [-0.05, 0) is 41.6 Å². The van der Waals surface area contributed by atoms with Crippen molar-refractivity contribution in [3.05, 3.63) is 37.2 Å². The van der Waals surface area contributed by atoms with Crippen LogP contribution < -0.4 is 0 Å². The topological polar surface area (TPSA) is 60.2 Å². The maximum atomic E-state index is 13.3. The van der Waals surface area contributed by atoms with E-state index < -0.39 is 22.2 Å². The Balaban J connectivity index is 3.53. The van der Waals surface area contributed by atoms with E-state index in [0.717, 1.165) is 6.92 Å². The van der Waals surface area contributed by atoms with Crippen molar-refractivity contribution < 1.29 is 14.1 Å². The Kier molecular flexibility index (Phi) is 3.14. The summed E-state index contributed by atoms with van der Waals surface area (Å²) in [5.74, 6) is -1.48. The van der Waals surface area contributed by atoms with Gasteiger partial charge in [-0.15, -0.1) is 0 Å². The second kappa shape index (κ2) is 3.99. The number of halogens is 2. The first-order valence-electron chi connectivity index (χ1n) is 3.58. The summed E-state index contributed by atoms with van der Waals surface area (Å²) in [6, 6.07) is 2.59. The Morgan fingerprint density at radius 1 is 1.57 bits per heavy atom. The smallest absolute Gasteiger partial charge is 0.294 e. The Morgan fingerprint density at radius 2 is 2.14 bits per heavy atom. The molecule has 0 radical (unpaired) electrons. The largest absolute Gasteiger partial charge is 0.316 e. The summed E-state index contributed by atoms with van der Waals surface area (Å²) in [5, 5.41) is 10.5. The van der Waals surface area contributed by atoms with Crippen molar-refractivity contribution in [2.24, 2.45) is 0 Å². The molecule has 0 aliphatic heterocycles. The summed E-state index contributed by atoms with van der Waals surface area (Å²) in [6.45, 7) is 1.16. The van der Waals surface area contributed by atoms with Gasteiger partial charge in [0.1, 0.15) is 0 Å². The summed E-state index contributed by atoms with van der Waals surface area (Å²) in [4.78, 5) is 20.6. The van der Waals surface area contributed by atoms with Crippen LogP contribution in [0.25, 0.3) is 0 Å². The number of carbonyl (C=O) groups excluding carboxylic acids is 1. The molecule has 0 saturated heterocycles. The Labute approximate surface area is 92.4 Å². The standard InChI is InChI=1S/C8H5FINO3/c1-4(12)5-2-3-6(10)7(9)8(5)11(13)14/h2-3H,1H3. The molecular formula is C8H5FINO3. The maximum Gasteiger partial charge on any atom is 0.316 e. The molecule has 0 fully saturated rings. The van der Waals surface area contributed by atoms with Gasteiger partial charge in [0.15, 0.2) is 5.78 Å². The van der Waals surface area contributed by atoms with Crippen LogP contribution in [0.3, 0.4) is 0 Å². The predicted molar refractivity (Wildman–Crippen MR) is 55.8 cm³/mol. The zero-order valence-corrected chi connectivity index (χ0v) is 9.24. The van der Waals surface area contributed by atoms with E-state index in [1.165, 1.54) is 12.1 Å². The van der Waals surface area contributed by atoms with Crippen molar-refractivity contribution in [1.29, 1.82) is 0 Å². The van der Waals surface area contributed by atoms with E-state index in [1.54, 1.807) is 22.6 Å². The van der Waals surface area contributed by atoms with Gasteiger partial charge in [-0.3, -0.25) is 14.9 Å². The van der Waals surface area contributed by atoms with Crippen LogP contribution in [-0.4, -0.2) is 10.7 Å². The number of ketones is 1. The first kappa shape index (κ1) is 11.0. The highest BCUT2D eigenvalue weighted by Gasteiger charge is 2.24. The zero-order chi connectivity index (χ0) is 10.9. The van der Waals surface area contributed by atoms with Crippen LogP contribution in [0.5, 0.6) is 0 Å². The van der Waals surface area contributed by atoms with Crippen molar-refractivity contribution in [1.82, 2.24) is 0 Å². The third-order valence-corrected chi connectivity index (χ3v) is 2.46. The van der Waals surface area contributed by atoms with Gasteiger partial charge in [0.2, 0.25) is 5.82 Å². The molecule has 0 aliphatic rings. The van der Waals surface area contributed by atoms with E-state index in [0.29, 0.717) is 0 Å². The van der Waals surface area contributed by atoms with Gasteiger partial charge in [0, 0.05) is 0 Å². The van der Waals surface area contributed by atoms with Gasteiger partial charge in [0.25, 0.3) is 0 Å². The molecular weight excluding hydrogens is 304 g/mol. The van der Waals surface area contributed by atoms with Crippen LogP contribution in [0.1, 0.15) is 17.3 Å². The van der Waals surface area contributed by atoms with E-state index in [2.05, 4.69) is 0 Å². The normalized spacial score (nSPS) is 9.93. The van der Waals surface area contributed by atoms with Crippen molar-refractivity contribution in [2.45, 2.75) is 6.92 Å². The summed E-state index contributed by atoms with van der Waals surface area (Å²) in [7, 11) is 0. The predicted octanol–water partition coefficient (Wildman–Crippen LogP) is 2.54. The molecule has 0 spiro atoms. The number of carbonyl (C=O) groups is 1. The Hall–Kier alpha value is -1.05. The van der Waals surface area contributed by atoms with E-state index in [9.17, 15) is 19.3 Å². The molecule has 0 aliphatic carbocycles. The van der Waals surface area contributed by atoms with Gasteiger partial charge >= 0.3 is 5.69 Å². The number of benzene rings is 1. The van der Waals surface area contributed by atoms with Gasteiger partial charge in [-0.25, -0.2) is 0 Å². The number of hydrogen-bond acceptors (Lipinski definition) is 3. The third-order valence-electron chi connectivity index (χ3n) is 1.63. The van der Waals surface area contributed by atoms with Crippen LogP contribution >= 0.6 is 22.6 Å². The Morgan fingerprint density at radius 3 is 2.57 bits per heavy atom. The number of nitro benzene ring substituents is 1. The molecule has 0 atom stereocenters. The second-order valence-electron chi connectivity index (χ2n) is 2.57. The molecule has 0 saturated carbocycles. The van der Waals surface area contributed by atoms with Crippen molar-refractivity contribution in [2.75, 3.05) is 0 Å². The molecule has 0 aromatic heterocycles. The molecule has 0 heterocycles. The number of nitro groups is 1. The van der Waals surface area contributed by atoms with Gasteiger partial charge in [-0.2, -0.15) is 4.39 Å². The van der Waals surface area contributed by atoms with Crippen LogP contribution in [0.4, 0.5) is 10.1 Å². The first-order valence-corrected chi connectivity index (χ1v) is 4.66. The van der Waals surface area contributed by atoms with Crippen molar-refractivity contribution in [3.8, 4) is 0 Å². The molecule has 14 heavy (non-hydrogen) atoms. The van der Waals surface area contributed by atoms with E-state index >= 15 is 0 Å².